The lowest BCUT2D eigenvalue weighted by atomic mass is 10.1. The predicted octanol–water partition coefficient (Wildman–Crippen LogP) is 2.67. The molecule has 0 saturated heterocycles. The summed E-state index contributed by atoms with van der Waals surface area (Å²) in [5.74, 6) is -0.307. The summed E-state index contributed by atoms with van der Waals surface area (Å²) in [5.41, 5.74) is 1.50. The molecule has 0 aliphatic carbocycles. The molecule has 2 aromatic carbocycles. The number of carbonyl (C=O) groups is 1. The Morgan fingerprint density at radius 3 is 2.54 bits per heavy atom. The molecule has 0 atom stereocenters. The number of nitro benzene ring substituents is 1. The Morgan fingerprint density at radius 2 is 1.83 bits per heavy atom. The number of nitrogens with zero attached hydrogens (tertiary/aromatic N) is 2. The van der Waals surface area contributed by atoms with E-state index in [-0.39, 0.29) is 24.0 Å². The van der Waals surface area contributed by atoms with E-state index in [2.05, 4.69) is 5.32 Å². The molecule has 7 heteroatoms. The smallest absolute Gasteiger partial charge is 0.310 e. The van der Waals surface area contributed by atoms with Crippen LogP contribution in [-0.4, -0.2) is 36.4 Å². The van der Waals surface area contributed by atoms with Crippen LogP contribution in [0.15, 0.2) is 48.5 Å². The van der Waals surface area contributed by atoms with Crippen LogP contribution in [0.2, 0.25) is 0 Å². The quantitative estimate of drug-likeness (QED) is 0.623. The highest BCUT2D eigenvalue weighted by Crippen LogP contribution is 2.25. The minimum absolute atomic E-state index is 0.0687. The van der Waals surface area contributed by atoms with Crippen LogP contribution >= 0.6 is 0 Å². The van der Waals surface area contributed by atoms with Gasteiger partial charge in [0.05, 0.1) is 4.92 Å². The van der Waals surface area contributed by atoms with Crippen LogP contribution in [0.4, 0.5) is 11.4 Å². The summed E-state index contributed by atoms with van der Waals surface area (Å²) in [6.45, 7) is 0.378. The summed E-state index contributed by atoms with van der Waals surface area (Å²) in [4.78, 5) is 24.5. The predicted molar refractivity (Wildman–Crippen MR) is 91.1 cm³/mol. The third-order valence-electron chi connectivity index (χ3n) is 3.20. The fraction of sp³-hybridized carbons (Fsp3) is 0.235. The Bertz CT molecular complexity index is 731. The number of anilines is 1. The van der Waals surface area contributed by atoms with Gasteiger partial charge in [-0.3, -0.25) is 14.9 Å². The van der Waals surface area contributed by atoms with Crippen molar-refractivity contribution < 1.29 is 14.5 Å². The summed E-state index contributed by atoms with van der Waals surface area (Å²) in [7, 11) is 3.88. The van der Waals surface area contributed by atoms with E-state index in [1.165, 1.54) is 12.1 Å². The number of hydrogen-bond donors (Lipinski definition) is 1. The highest BCUT2D eigenvalue weighted by Gasteiger charge is 2.15. The Morgan fingerprint density at radius 1 is 1.17 bits per heavy atom. The van der Waals surface area contributed by atoms with Gasteiger partial charge in [-0.25, -0.2) is 0 Å². The van der Waals surface area contributed by atoms with Crippen LogP contribution in [0.1, 0.15) is 5.56 Å². The molecule has 1 amide bonds. The molecule has 0 aliphatic rings. The molecule has 0 unspecified atom stereocenters. The highest BCUT2D eigenvalue weighted by atomic mass is 16.6. The maximum absolute atomic E-state index is 12.1. The second-order valence-electron chi connectivity index (χ2n) is 5.46. The Balaban J connectivity index is 2.01. The van der Waals surface area contributed by atoms with Gasteiger partial charge in [-0.2, -0.15) is 0 Å². The average molecular weight is 329 g/mol. The molecule has 0 aliphatic heterocycles. The van der Waals surface area contributed by atoms with E-state index in [0.29, 0.717) is 12.2 Å². The van der Waals surface area contributed by atoms with E-state index >= 15 is 0 Å². The lowest BCUT2D eigenvalue weighted by molar-refractivity contribution is -0.385. The van der Waals surface area contributed by atoms with Gasteiger partial charge in [0.2, 0.25) is 0 Å². The second-order valence-corrected chi connectivity index (χ2v) is 5.46. The lowest BCUT2D eigenvalue weighted by Gasteiger charge is -2.15. The number of nitro groups is 1. The van der Waals surface area contributed by atoms with E-state index in [1.54, 1.807) is 12.1 Å². The normalized spacial score (nSPS) is 10.5. The first-order valence-electron chi connectivity index (χ1n) is 7.36. The number of amides is 1. The van der Waals surface area contributed by atoms with Gasteiger partial charge in [0.15, 0.2) is 12.4 Å². The van der Waals surface area contributed by atoms with Crippen molar-refractivity contribution in [1.82, 2.24) is 4.90 Å². The molecule has 0 spiro atoms. The third kappa shape index (κ3) is 4.79. The van der Waals surface area contributed by atoms with Crippen LogP contribution in [0.25, 0.3) is 0 Å². The molecular weight excluding hydrogens is 310 g/mol. The molecule has 0 heterocycles. The second kappa shape index (κ2) is 8.07. The van der Waals surface area contributed by atoms with Gasteiger partial charge in [0.25, 0.3) is 5.91 Å². The van der Waals surface area contributed by atoms with Crippen LogP contribution in [0.5, 0.6) is 5.75 Å². The van der Waals surface area contributed by atoms with Gasteiger partial charge in [-0.1, -0.05) is 30.3 Å². The molecule has 0 aromatic heterocycles. The topological polar surface area (TPSA) is 84.7 Å². The van der Waals surface area contributed by atoms with Crippen LogP contribution in [-0.2, 0) is 11.3 Å². The standard InChI is InChI=1S/C17H19N3O4/c1-19(2)11-13-7-3-4-8-14(13)18-17(21)12-24-16-10-6-5-9-15(16)20(22)23/h3-10H,11-12H2,1-2H3,(H,18,21). The molecular formula is C17H19N3O4. The molecule has 7 nitrogen and oxygen atoms in total. The summed E-state index contributed by atoms with van der Waals surface area (Å²) in [6.07, 6.45) is 0. The maximum atomic E-state index is 12.1. The van der Waals surface area contributed by atoms with E-state index in [9.17, 15) is 14.9 Å². The Labute approximate surface area is 140 Å². The van der Waals surface area contributed by atoms with Gasteiger partial charge in [0.1, 0.15) is 0 Å². The number of hydrogen-bond acceptors (Lipinski definition) is 5. The Hall–Kier alpha value is -2.93. The monoisotopic (exact) mass is 329 g/mol. The first-order valence-corrected chi connectivity index (χ1v) is 7.36. The minimum atomic E-state index is -0.542. The van der Waals surface area contributed by atoms with Gasteiger partial charge < -0.3 is 15.0 Å². The number of benzene rings is 2. The van der Waals surface area contributed by atoms with E-state index in [4.69, 9.17) is 4.74 Å². The fourth-order valence-electron chi connectivity index (χ4n) is 2.18. The van der Waals surface area contributed by atoms with Gasteiger partial charge in [0, 0.05) is 18.3 Å². The summed E-state index contributed by atoms with van der Waals surface area (Å²) in [5, 5.41) is 13.7. The number of para-hydroxylation sites is 3. The number of carbonyl (C=O) groups excluding carboxylic acids is 1. The van der Waals surface area contributed by atoms with Crippen molar-refractivity contribution in [3.8, 4) is 5.75 Å². The van der Waals surface area contributed by atoms with Crippen molar-refractivity contribution in [2.24, 2.45) is 0 Å². The zero-order valence-corrected chi connectivity index (χ0v) is 13.6. The highest BCUT2D eigenvalue weighted by molar-refractivity contribution is 5.92. The SMILES string of the molecule is CN(C)Cc1ccccc1NC(=O)COc1ccccc1[N+](=O)[O-]. The summed E-state index contributed by atoms with van der Waals surface area (Å²) >= 11 is 0. The van der Waals surface area contributed by atoms with Crippen molar-refractivity contribution in [1.29, 1.82) is 0 Å². The van der Waals surface area contributed by atoms with Crippen LogP contribution < -0.4 is 10.1 Å². The molecule has 0 saturated carbocycles. The van der Waals surface area contributed by atoms with Crippen molar-refractivity contribution in [2.75, 3.05) is 26.0 Å². The summed E-state index contributed by atoms with van der Waals surface area (Å²) in [6, 6.07) is 13.4. The van der Waals surface area contributed by atoms with Gasteiger partial charge in [-0.05, 0) is 31.8 Å². The first-order chi connectivity index (χ1) is 11.5. The number of ether oxygens (including phenoxy) is 1. The van der Waals surface area contributed by atoms with Crippen molar-refractivity contribution >= 4 is 17.3 Å². The average Bonchev–Trinajstić information content (AvgIpc) is 2.54. The minimum Gasteiger partial charge on any atom is -0.477 e. The molecule has 2 rings (SSSR count). The molecule has 24 heavy (non-hydrogen) atoms. The Kier molecular flexibility index (Phi) is 5.86. The molecule has 0 fully saturated rings. The fourth-order valence-corrected chi connectivity index (χ4v) is 2.18. The third-order valence-corrected chi connectivity index (χ3v) is 3.20. The van der Waals surface area contributed by atoms with E-state index < -0.39 is 4.92 Å². The van der Waals surface area contributed by atoms with E-state index in [1.807, 2.05) is 43.3 Å². The van der Waals surface area contributed by atoms with Crippen molar-refractivity contribution in [3.05, 3.63) is 64.2 Å². The van der Waals surface area contributed by atoms with Gasteiger partial charge >= 0.3 is 5.69 Å². The number of nitrogens with one attached hydrogen (secondary N) is 1. The van der Waals surface area contributed by atoms with Gasteiger partial charge in [-0.15, -0.1) is 0 Å². The molecule has 0 bridgehead atoms. The zero-order valence-electron chi connectivity index (χ0n) is 13.6. The lowest BCUT2D eigenvalue weighted by Crippen LogP contribution is -2.22. The van der Waals surface area contributed by atoms with Crippen LogP contribution in [0.3, 0.4) is 0 Å². The molecule has 1 N–H and O–H groups in total. The van der Waals surface area contributed by atoms with Crippen molar-refractivity contribution in [2.45, 2.75) is 6.54 Å². The molecule has 2 aromatic rings. The zero-order chi connectivity index (χ0) is 17.5. The molecule has 126 valence electrons. The maximum Gasteiger partial charge on any atom is 0.310 e. The van der Waals surface area contributed by atoms with Crippen LogP contribution in [0, 0.1) is 10.1 Å². The van der Waals surface area contributed by atoms with E-state index in [0.717, 1.165) is 5.56 Å². The number of rotatable bonds is 7. The largest absolute Gasteiger partial charge is 0.477 e. The summed E-state index contributed by atoms with van der Waals surface area (Å²) < 4.78 is 5.29. The molecule has 0 radical (unpaired) electrons. The van der Waals surface area contributed by atoms with Crippen molar-refractivity contribution in [3.63, 3.8) is 0 Å². The first kappa shape index (κ1) is 17.4.